The summed E-state index contributed by atoms with van der Waals surface area (Å²) < 4.78 is 2.32. The van der Waals surface area contributed by atoms with E-state index in [9.17, 15) is 0 Å². The van der Waals surface area contributed by atoms with E-state index in [2.05, 4.69) is 68.8 Å². The standard InChI is InChI=1S/C21H21N2/c1-13-8-9-15(3)18(10-13)20-12-22-21-16-7-5-6-14(2)17(16)11-19(21)23(20)4/h5-10,12H,11H2,1-4H3/q+1. The van der Waals surface area contributed by atoms with Crippen LogP contribution in [0.2, 0.25) is 0 Å². The van der Waals surface area contributed by atoms with Gasteiger partial charge < -0.3 is 0 Å². The summed E-state index contributed by atoms with van der Waals surface area (Å²) in [6, 6.07) is 13.1. The zero-order valence-corrected chi connectivity index (χ0v) is 14.1. The Morgan fingerprint density at radius 1 is 0.957 bits per heavy atom. The van der Waals surface area contributed by atoms with Crippen LogP contribution in [0.4, 0.5) is 0 Å². The lowest BCUT2D eigenvalue weighted by molar-refractivity contribution is -0.667. The molecule has 0 bridgehead atoms. The molecule has 1 aliphatic rings. The van der Waals surface area contributed by atoms with Gasteiger partial charge in [-0.2, -0.15) is 4.57 Å². The van der Waals surface area contributed by atoms with Crippen LogP contribution in [-0.2, 0) is 13.5 Å². The smallest absolute Gasteiger partial charge is 0.231 e. The Kier molecular flexibility index (Phi) is 3.08. The molecule has 0 N–H and O–H groups in total. The van der Waals surface area contributed by atoms with Crippen LogP contribution in [0.15, 0.2) is 42.6 Å². The van der Waals surface area contributed by atoms with Gasteiger partial charge in [-0.05, 0) is 43.5 Å². The first-order valence-corrected chi connectivity index (χ1v) is 8.10. The molecule has 0 saturated heterocycles. The Hall–Kier alpha value is -2.48. The van der Waals surface area contributed by atoms with Crippen LogP contribution in [0, 0.1) is 20.8 Å². The van der Waals surface area contributed by atoms with E-state index in [4.69, 9.17) is 4.98 Å². The van der Waals surface area contributed by atoms with Crippen LogP contribution >= 0.6 is 0 Å². The van der Waals surface area contributed by atoms with Gasteiger partial charge in [0.05, 0.1) is 12.0 Å². The summed E-state index contributed by atoms with van der Waals surface area (Å²) in [4.78, 5) is 4.83. The second-order valence-corrected chi connectivity index (χ2v) is 6.59. The minimum Gasteiger partial charge on any atom is -0.243 e. The molecule has 3 aromatic rings. The normalized spacial score (nSPS) is 12.2. The molecular weight excluding hydrogens is 280 g/mol. The molecule has 4 rings (SSSR count). The Morgan fingerprint density at radius 2 is 1.78 bits per heavy atom. The van der Waals surface area contributed by atoms with Gasteiger partial charge in [0.15, 0.2) is 0 Å². The molecule has 0 aliphatic heterocycles. The van der Waals surface area contributed by atoms with E-state index in [1.807, 2.05) is 6.20 Å². The number of hydrogen-bond acceptors (Lipinski definition) is 1. The van der Waals surface area contributed by atoms with Crippen molar-refractivity contribution in [1.82, 2.24) is 4.98 Å². The molecule has 1 aromatic heterocycles. The van der Waals surface area contributed by atoms with Crippen LogP contribution in [0.5, 0.6) is 0 Å². The minimum absolute atomic E-state index is 0.972. The van der Waals surface area contributed by atoms with E-state index in [0.717, 1.165) is 12.1 Å². The van der Waals surface area contributed by atoms with Crippen molar-refractivity contribution in [3.05, 3.63) is 70.5 Å². The maximum Gasteiger partial charge on any atom is 0.231 e. The van der Waals surface area contributed by atoms with E-state index in [-0.39, 0.29) is 0 Å². The summed E-state index contributed by atoms with van der Waals surface area (Å²) >= 11 is 0. The maximum atomic E-state index is 4.83. The van der Waals surface area contributed by atoms with Crippen molar-refractivity contribution in [2.45, 2.75) is 27.2 Å². The van der Waals surface area contributed by atoms with Crippen molar-refractivity contribution in [3.63, 3.8) is 0 Å². The lowest BCUT2D eigenvalue weighted by atomic mass is 10.0. The fourth-order valence-electron chi connectivity index (χ4n) is 3.61. The second kappa shape index (κ2) is 5.02. The molecule has 2 aromatic carbocycles. The van der Waals surface area contributed by atoms with Gasteiger partial charge in [0.25, 0.3) is 0 Å². The van der Waals surface area contributed by atoms with Crippen LogP contribution < -0.4 is 4.57 Å². The van der Waals surface area contributed by atoms with Gasteiger partial charge >= 0.3 is 0 Å². The first-order chi connectivity index (χ1) is 11.1. The van der Waals surface area contributed by atoms with Crippen molar-refractivity contribution in [2.75, 3.05) is 0 Å². The first kappa shape index (κ1) is 14.1. The van der Waals surface area contributed by atoms with Gasteiger partial charge in [0.1, 0.15) is 18.9 Å². The highest BCUT2D eigenvalue weighted by molar-refractivity contribution is 5.73. The van der Waals surface area contributed by atoms with Crippen molar-refractivity contribution in [1.29, 1.82) is 0 Å². The number of fused-ring (bicyclic) bond motifs is 3. The fourth-order valence-corrected chi connectivity index (χ4v) is 3.61. The predicted molar refractivity (Wildman–Crippen MR) is 93.3 cm³/mol. The lowest BCUT2D eigenvalue weighted by Gasteiger charge is -2.08. The SMILES string of the molecule is Cc1ccc(C)c(-c2cnc3c([n+]2C)Cc2c(C)cccc2-3)c1. The summed E-state index contributed by atoms with van der Waals surface area (Å²) in [6.07, 6.45) is 3.00. The van der Waals surface area contributed by atoms with Gasteiger partial charge in [-0.25, -0.2) is 4.98 Å². The molecule has 2 nitrogen and oxygen atoms in total. The fraction of sp³-hybridized carbons (Fsp3) is 0.238. The topological polar surface area (TPSA) is 16.8 Å². The van der Waals surface area contributed by atoms with E-state index < -0.39 is 0 Å². The van der Waals surface area contributed by atoms with Gasteiger partial charge in [0.2, 0.25) is 11.4 Å². The van der Waals surface area contributed by atoms with Crippen molar-refractivity contribution in [3.8, 4) is 22.5 Å². The predicted octanol–water partition coefficient (Wildman–Crippen LogP) is 4.07. The third kappa shape index (κ3) is 2.09. The van der Waals surface area contributed by atoms with E-state index >= 15 is 0 Å². The number of aryl methyl sites for hydroxylation is 3. The molecule has 23 heavy (non-hydrogen) atoms. The van der Waals surface area contributed by atoms with Crippen LogP contribution in [0.25, 0.3) is 22.5 Å². The average Bonchev–Trinajstić information content (AvgIpc) is 2.92. The van der Waals surface area contributed by atoms with Crippen molar-refractivity contribution < 1.29 is 4.57 Å². The van der Waals surface area contributed by atoms with Crippen molar-refractivity contribution >= 4 is 0 Å². The molecule has 2 heteroatoms. The zero-order chi connectivity index (χ0) is 16.1. The highest BCUT2D eigenvalue weighted by Gasteiger charge is 2.30. The van der Waals surface area contributed by atoms with Crippen LogP contribution in [0.3, 0.4) is 0 Å². The van der Waals surface area contributed by atoms with Gasteiger partial charge in [0, 0.05) is 5.56 Å². The third-order valence-corrected chi connectivity index (χ3v) is 5.03. The lowest BCUT2D eigenvalue weighted by Crippen LogP contribution is -2.36. The zero-order valence-electron chi connectivity index (χ0n) is 14.1. The average molecular weight is 301 g/mol. The number of aromatic nitrogens is 2. The molecule has 0 spiro atoms. The highest BCUT2D eigenvalue weighted by atomic mass is 15.0. The molecule has 0 saturated carbocycles. The molecule has 0 amide bonds. The first-order valence-electron chi connectivity index (χ1n) is 8.10. The molecule has 1 heterocycles. The Balaban J connectivity index is 1.93. The summed E-state index contributed by atoms with van der Waals surface area (Å²) in [5.41, 5.74) is 11.6. The molecule has 0 radical (unpaired) electrons. The molecule has 0 unspecified atom stereocenters. The van der Waals surface area contributed by atoms with Gasteiger partial charge in [-0.15, -0.1) is 0 Å². The highest BCUT2D eigenvalue weighted by Crippen LogP contribution is 2.36. The quantitative estimate of drug-likeness (QED) is 0.484. The monoisotopic (exact) mass is 301 g/mol. The second-order valence-electron chi connectivity index (χ2n) is 6.59. The number of hydrogen-bond donors (Lipinski definition) is 0. The summed E-state index contributed by atoms with van der Waals surface area (Å²) in [5.74, 6) is 0. The maximum absolute atomic E-state index is 4.83. The summed E-state index contributed by atoms with van der Waals surface area (Å²) in [6.45, 7) is 6.50. The van der Waals surface area contributed by atoms with Crippen LogP contribution in [0.1, 0.15) is 27.9 Å². The number of rotatable bonds is 1. The summed E-state index contributed by atoms with van der Waals surface area (Å²) in [7, 11) is 2.17. The largest absolute Gasteiger partial charge is 0.243 e. The third-order valence-electron chi connectivity index (χ3n) is 5.03. The number of nitrogens with zero attached hydrogens (tertiary/aromatic N) is 2. The number of benzene rings is 2. The Labute approximate surface area is 137 Å². The molecule has 114 valence electrons. The molecule has 0 atom stereocenters. The summed E-state index contributed by atoms with van der Waals surface area (Å²) in [5, 5.41) is 0. The van der Waals surface area contributed by atoms with Crippen molar-refractivity contribution in [2.24, 2.45) is 7.05 Å². The molecule has 0 fully saturated rings. The Morgan fingerprint density at radius 3 is 2.61 bits per heavy atom. The van der Waals surface area contributed by atoms with E-state index in [0.29, 0.717) is 0 Å². The minimum atomic E-state index is 0.972. The van der Waals surface area contributed by atoms with E-state index in [1.54, 1.807) is 0 Å². The van der Waals surface area contributed by atoms with E-state index in [1.165, 1.54) is 44.8 Å². The molecule has 1 aliphatic carbocycles. The van der Waals surface area contributed by atoms with Gasteiger partial charge in [-0.1, -0.05) is 35.9 Å². The molecular formula is C21H21N2+. The Bertz CT molecular complexity index is 939. The van der Waals surface area contributed by atoms with Gasteiger partial charge in [-0.3, -0.25) is 0 Å². The van der Waals surface area contributed by atoms with Crippen LogP contribution in [-0.4, -0.2) is 4.98 Å².